The quantitative estimate of drug-likeness (QED) is 0.144. The highest BCUT2D eigenvalue weighted by Gasteiger charge is 2.22. The Morgan fingerprint density at radius 1 is 0.829 bits per heavy atom. The highest BCUT2D eigenvalue weighted by molar-refractivity contribution is 7.86. The molecular weight excluding hydrogens is 530 g/mol. The lowest BCUT2D eigenvalue weighted by atomic mass is 10.0. The SMILES string of the molecule is CCCCN(Cc1cc(C)c(OS(C)(=O)=O)c(C)c1)Cc1c(-c2ccccc2)nc(-c2ccccc2)n1CCCC. The Bertz CT molecular complexity index is 1510. The van der Waals surface area contributed by atoms with E-state index in [-0.39, 0.29) is 0 Å². The van der Waals surface area contributed by atoms with Gasteiger partial charge in [-0.2, -0.15) is 8.42 Å². The average Bonchev–Trinajstić information content (AvgIpc) is 3.30. The van der Waals surface area contributed by atoms with Gasteiger partial charge in [-0.05, 0) is 49.9 Å². The number of aryl methyl sites for hydroxylation is 2. The third kappa shape index (κ3) is 8.08. The lowest BCUT2D eigenvalue weighted by molar-refractivity contribution is 0.246. The molecule has 0 amide bonds. The lowest BCUT2D eigenvalue weighted by Gasteiger charge is -2.25. The molecule has 0 unspecified atom stereocenters. The molecule has 0 saturated heterocycles. The minimum Gasteiger partial charge on any atom is -0.382 e. The Hall–Kier alpha value is -3.42. The van der Waals surface area contributed by atoms with Crippen LogP contribution in [0.1, 0.15) is 61.9 Å². The van der Waals surface area contributed by atoms with Gasteiger partial charge in [0.05, 0.1) is 17.6 Å². The highest BCUT2D eigenvalue weighted by Crippen LogP contribution is 2.32. The molecule has 0 atom stereocenters. The van der Waals surface area contributed by atoms with Crippen molar-refractivity contribution in [2.75, 3.05) is 12.8 Å². The summed E-state index contributed by atoms with van der Waals surface area (Å²) in [6, 6.07) is 25.1. The third-order valence-electron chi connectivity index (χ3n) is 7.25. The van der Waals surface area contributed by atoms with Crippen LogP contribution in [0.4, 0.5) is 0 Å². The maximum absolute atomic E-state index is 11.8. The Morgan fingerprint density at radius 2 is 1.41 bits per heavy atom. The van der Waals surface area contributed by atoms with Crippen molar-refractivity contribution >= 4 is 10.1 Å². The summed E-state index contributed by atoms with van der Waals surface area (Å²) in [5.41, 5.74) is 7.30. The normalized spacial score (nSPS) is 11.8. The fourth-order valence-electron chi connectivity index (χ4n) is 5.32. The van der Waals surface area contributed by atoms with Crippen LogP contribution in [0.3, 0.4) is 0 Å². The number of rotatable bonds is 14. The van der Waals surface area contributed by atoms with Crippen molar-refractivity contribution in [3.63, 3.8) is 0 Å². The van der Waals surface area contributed by atoms with Crippen LogP contribution in [-0.4, -0.2) is 35.7 Å². The number of benzene rings is 3. The van der Waals surface area contributed by atoms with Crippen LogP contribution >= 0.6 is 0 Å². The van der Waals surface area contributed by atoms with Gasteiger partial charge in [0.2, 0.25) is 0 Å². The van der Waals surface area contributed by atoms with E-state index in [4.69, 9.17) is 9.17 Å². The molecule has 218 valence electrons. The number of imidazole rings is 1. The fourth-order valence-corrected chi connectivity index (χ4v) is 5.88. The zero-order valence-electron chi connectivity index (χ0n) is 25.1. The van der Waals surface area contributed by atoms with Gasteiger partial charge in [0, 0.05) is 30.8 Å². The molecule has 41 heavy (non-hydrogen) atoms. The predicted molar refractivity (Wildman–Crippen MR) is 168 cm³/mol. The third-order valence-corrected chi connectivity index (χ3v) is 7.72. The lowest BCUT2D eigenvalue weighted by Crippen LogP contribution is -2.26. The zero-order valence-corrected chi connectivity index (χ0v) is 25.9. The maximum Gasteiger partial charge on any atom is 0.306 e. The molecule has 0 aliphatic rings. The zero-order chi connectivity index (χ0) is 29.4. The Kier molecular flexibility index (Phi) is 10.4. The van der Waals surface area contributed by atoms with Gasteiger partial charge >= 0.3 is 10.1 Å². The second kappa shape index (κ2) is 14.0. The number of aromatic nitrogens is 2. The van der Waals surface area contributed by atoms with Gasteiger partial charge < -0.3 is 8.75 Å². The molecule has 0 spiro atoms. The van der Waals surface area contributed by atoms with Crippen molar-refractivity contribution in [1.82, 2.24) is 14.5 Å². The van der Waals surface area contributed by atoms with E-state index >= 15 is 0 Å². The number of hydrogen-bond acceptors (Lipinski definition) is 5. The monoisotopic (exact) mass is 573 g/mol. The highest BCUT2D eigenvalue weighted by atomic mass is 32.2. The first-order valence-electron chi connectivity index (χ1n) is 14.6. The van der Waals surface area contributed by atoms with E-state index in [1.807, 2.05) is 38.1 Å². The van der Waals surface area contributed by atoms with Crippen LogP contribution < -0.4 is 4.18 Å². The van der Waals surface area contributed by atoms with Crippen LogP contribution in [0.25, 0.3) is 22.6 Å². The standard InChI is InChI=1S/C34H43N3O3S/c1-6-8-20-36(24-28-22-26(3)33(27(4)23-28)40-41(5,38)39)25-31-32(29-16-12-10-13-17-29)35-34(37(31)21-9-7-2)30-18-14-11-15-19-30/h10-19,22-23H,6-9,20-21,24-25H2,1-5H3. The first kappa shape index (κ1) is 30.5. The molecule has 4 aromatic rings. The largest absolute Gasteiger partial charge is 0.382 e. The summed E-state index contributed by atoms with van der Waals surface area (Å²) >= 11 is 0. The predicted octanol–water partition coefficient (Wildman–Crippen LogP) is 7.77. The minimum absolute atomic E-state index is 0.424. The van der Waals surface area contributed by atoms with Gasteiger partial charge in [-0.15, -0.1) is 0 Å². The Morgan fingerprint density at radius 3 is 1.98 bits per heavy atom. The van der Waals surface area contributed by atoms with Gasteiger partial charge in [-0.25, -0.2) is 4.98 Å². The summed E-state index contributed by atoms with van der Waals surface area (Å²) < 4.78 is 31.3. The van der Waals surface area contributed by atoms with Gasteiger partial charge in [0.15, 0.2) is 0 Å². The number of nitrogens with zero attached hydrogens (tertiary/aromatic N) is 3. The second-order valence-electron chi connectivity index (χ2n) is 10.9. The molecule has 0 aliphatic heterocycles. The second-order valence-corrected chi connectivity index (χ2v) is 12.5. The van der Waals surface area contributed by atoms with Crippen molar-refractivity contribution in [3.8, 4) is 28.4 Å². The van der Waals surface area contributed by atoms with Gasteiger partial charge in [-0.3, -0.25) is 4.90 Å². The Balaban J connectivity index is 1.77. The summed E-state index contributed by atoms with van der Waals surface area (Å²) in [4.78, 5) is 7.78. The summed E-state index contributed by atoms with van der Waals surface area (Å²) in [6.07, 6.45) is 5.45. The molecule has 4 rings (SSSR count). The maximum atomic E-state index is 11.8. The first-order chi connectivity index (χ1) is 19.7. The van der Waals surface area contributed by atoms with Crippen LogP contribution in [-0.2, 0) is 29.8 Å². The van der Waals surface area contributed by atoms with E-state index in [1.165, 1.54) is 5.69 Å². The molecule has 0 N–H and O–H groups in total. The van der Waals surface area contributed by atoms with Crippen LogP contribution in [0, 0.1) is 13.8 Å². The summed E-state index contributed by atoms with van der Waals surface area (Å²) in [7, 11) is -3.60. The smallest absolute Gasteiger partial charge is 0.306 e. The fraction of sp³-hybridized carbons (Fsp3) is 0.382. The van der Waals surface area contributed by atoms with E-state index in [9.17, 15) is 8.42 Å². The molecule has 1 heterocycles. The van der Waals surface area contributed by atoms with Crippen molar-refractivity contribution < 1.29 is 12.6 Å². The summed E-state index contributed by atoms with van der Waals surface area (Å²) in [5.74, 6) is 1.44. The summed E-state index contributed by atoms with van der Waals surface area (Å²) in [6.45, 7) is 11.6. The van der Waals surface area contributed by atoms with E-state index in [0.29, 0.717) is 5.75 Å². The van der Waals surface area contributed by atoms with Crippen molar-refractivity contribution in [2.45, 2.75) is 73.0 Å². The van der Waals surface area contributed by atoms with E-state index in [0.717, 1.165) is 97.5 Å². The summed E-state index contributed by atoms with van der Waals surface area (Å²) in [5, 5.41) is 0. The van der Waals surface area contributed by atoms with Gasteiger partial charge in [0.1, 0.15) is 11.6 Å². The molecule has 3 aromatic carbocycles. The molecule has 0 bridgehead atoms. The van der Waals surface area contributed by atoms with Crippen molar-refractivity contribution in [3.05, 3.63) is 95.2 Å². The molecule has 1 aromatic heterocycles. The molecular formula is C34H43N3O3S. The van der Waals surface area contributed by atoms with Gasteiger partial charge in [0.25, 0.3) is 0 Å². The van der Waals surface area contributed by atoms with Crippen LogP contribution in [0.15, 0.2) is 72.8 Å². The van der Waals surface area contributed by atoms with Crippen LogP contribution in [0.2, 0.25) is 0 Å². The molecule has 0 saturated carbocycles. The van der Waals surface area contributed by atoms with Crippen molar-refractivity contribution in [1.29, 1.82) is 0 Å². The molecule has 7 heteroatoms. The average molecular weight is 574 g/mol. The molecule has 6 nitrogen and oxygen atoms in total. The van der Waals surface area contributed by atoms with E-state index in [1.54, 1.807) is 0 Å². The molecule has 0 fully saturated rings. The van der Waals surface area contributed by atoms with Crippen LogP contribution in [0.5, 0.6) is 5.75 Å². The Labute approximate surface area is 246 Å². The first-order valence-corrected chi connectivity index (χ1v) is 16.4. The topological polar surface area (TPSA) is 64.4 Å². The van der Waals surface area contributed by atoms with Crippen molar-refractivity contribution in [2.24, 2.45) is 0 Å². The van der Waals surface area contributed by atoms with E-state index < -0.39 is 10.1 Å². The van der Waals surface area contributed by atoms with Gasteiger partial charge in [-0.1, -0.05) is 99.5 Å². The number of hydrogen-bond donors (Lipinski definition) is 0. The molecule has 0 radical (unpaired) electrons. The number of unbranched alkanes of at least 4 members (excludes halogenated alkanes) is 2. The minimum atomic E-state index is -3.60. The molecule has 0 aliphatic carbocycles. The van der Waals surface area contributed by atoms with E-state index in [2.05, 4.69) is 71.8 Å².